The molecule has 1 unspecified atom stereocenters. The van der Waals surface area contributed by atoms with Crippen LogP contribution in [0.2, 0.25) is 0 Å². The maximum absolute atomic E-state index is 11.6. The maximum Gasteiger partial charge on any atom is 0.305 e. The number of carbonyl (C=O) groups excluding carboxylic acids is 2. The van der Waals surface area contributed by atoms with Crippen LogP contribution >= 0.6 is 0 Å². The van der Waals surface area contributed by atoms with E-state index >= 15 is 0 Å². The van der Waals surface area contributed by atoms with Crippen molar-refractivity contribution in [1.82, 2.24) is 0 Å². The zero-order chi connectivity index (χ0) is 23.4. The minimum atomic E-state index is -0.539. The number of allylic oxidation sites excluding steroid dienone is 2. The minimum absolute atomic E-state index is 0.0231. The molecule has 1 aliphatic heterocycles. The first-order valence-electron chi connectivity index (χ1n) is 12.3. The molecule has 1 aliphatic carbocycles. The number of methoxy groups -OCH3 is 1. The van der Waals surface area contributed by atoms with E-state index in [0.717, 1.165) is 57.8 Å². The number of ether oxygens (including phenoxy) is 4. The smallest absolute Gasteiger partial charge is 0.305 e. The number of carbonyl (C=O) groups is 2. The molecule has 2 fully saturated rings. The molecule has 1 saturated carbocycles. The Morgan fingerprint density at radius 3 is 2.50 bits per heavy atom. The largest absolute Gasteiger partial charge is 0.469 e. The topological polar surface area (TPSA) is 91.3 Å². The molecular formula is C25H42O7. The van der Waals surface area contributed by atoms with Crippen LogP contribution in [0.4, 0.5) is 0 Å². The molecule has 2 aliphatic rings. The van der Waals surface area contributed by atoms with Crippen LogP contribution in [0.5, 0.6) is 0 Å². The highest BCUT2D eigenvalue weighted by atomic mass is 16.7. The lowest BCUT2D eigenvalue weighted by atomic mass is 9.85. The van der Waals surface area contributed by atoms with Gasteiger partial charge in [-0.1, -0.05) is 31.9 Å². The fourth-order valence-corrected chi connectivity index (χ4v) is 5.01. The van der Waals surface area contributed by atoms with Crippen molar-refractivity contribution in [2.24, 2.45) is 11.8 Å². The van der Waals surface area contributed by atoms with Crippen LogP contribution < -0.4 is 0 Å². The summed E-state index contributed by atoms with van der Waals surface area (Å²) in [5.41, 5.74) is 0. The summed E-state index contributed by atoms with van der Waals surface area (Å²) in [4.78, 5) is 22.9. The van der Waals surface area contributed by atoms with Crippen LogP contribution in [0.25, 0.3) is 0 Å². The van der Waals surface area contributed by atoms with Gasteiger partial charge in [0.15, 0.2) is 5.79 Å². The SMILES string of the molecule is CCCCCC1(CC[C@@H]2C(C/C=C\CCCC(=O)OC)[C@@H](OC(C)=O)C[C@H]2O)OCCO1. The molecular weight excluding hydrogens is 412 g/mol. The van der Waals surface area contributed by atoms with Crippen molar-refractivity contribution in [3.63, 3.8) is 0 Å². The molecule has 1 N–H and O–H groups in total. The van der Waals surface area contributed by atoms with Crippen molar-refractivity contribution in [2.45, 2.75) is 102 Å². The highest BCUT2D eigenvalue weighted by Crippen LogP contribution is 2.42. The number of hydrogen-bond donors (Lipinski definition) is 1. The molecule has 0 aromatic carbocycles. The molecule has 4 atom stereocenters. The van der Waals surface area contributed by atoms with Gasteiger partial charge in [0.25, 0.3) is 0 Å². The normalized spacial score (nSPS) is 27.1. The molecule has 0 radical (unpaired) electrons. The molecule has 0 bridgehead atoms. The predicted molar refractivity (Wildman–Crippen MR) is 121 cm³/mol. The number of esters is 2. The van der Waals surface area contributed by atoms with Gasteiger partial charge in [-0.3, -0.25) is 9.59 Å². The number of rotatable bonds is 14. The molecule has 0 amide bonds. The summed E-state index contributed by atoms with van der Waals surface area (Å²) in [6.07, 6.45) is 12.2. The van der Waals surface area contributed by atoms with E-state index < -0.39 is 11.9 Å². The Labute approximate surface area is 192 Å². The monoisotopic (exact) mass is 454 g/mol. The molecule has 1 heterocycles. The summed E-state index contributed by atoms with van der Waals surface area (Å²) >= 11 is 0. The second kappa shape index (κ2) is 14.0. The van der Waals surface area contributed by atoms with Gasteiger partial charge >= 0.3 is 11.9 Å². The van der Waals surface area contributed by atoms with E-state index in [2.05, 4.69) is 23.8 Å². The average Bonchev–Trinajstić information content (AvgIpc) is 3.33. The second-order valence-corrected chi connectivity index (χ2v) is 9.06. The highest BCUT2D eigenvalue weighted by molar-refractivity contribution is 5.69. The van der Waals surface area contributed by atoms with E-state index in [9.17, 15) is 14.7 Å². The van der Waals surface area contributed by atoms with Crippen LogP contribution in [0.1, 0.15) is 84.5 Å². The molecule has 32 heavy (non-hydrogen) atoms. The Morgan fingerprint density at radius 1 is 1.09 bits per heavy atom. The summed E-state index contributed by atoms with van der Waals surface area (Å²) < 4.78 is 22.3. The number of aliphatic hydroxyl groups is 1. The zero-order valence-corrected chi connectivity index (χ0v) is 20.1. The van der Waals surface area contributed by atoms with E-state index in [4.69, 9.17) is 14.2 Å². The summed E-state index contributed by atoms with van der Waals surface area (Å²) in [7, 11) is 1.40. The van der Waals surface area contributed by atoms with Gasteiger partial charge in [0, 0.05) is 38.5 Å². The van der Waals surface area contributed by atoms with E-state index in [0.29, 0.717) is 26.1 Å². The molecule has 184 valence electrons. The Bertz CT molecular complexity index is 597. The Kier molecular flexibility index (Phi) is 11.7. The maximum atomic E-state index is 11.6. The fraction of sp³-hybridized carbons (Fsp3) is 0.840. The fourth-order valence-electron chi connectivity index (χ4n) is 5.01. The lowest BCUT2D eigenvalue weighted by Crippen LogP contribution is -2.33. The summed E-state index contributed by atoms with van der Waals surface area (Å²) in [5, 5.41) is 10.8. The highest BCUT2D eigenvalue weighted by Gasteiger charge is 2.45. The molecule has 7 nitrogen and oxygen atoms in total. The van der Waals surface area contributed by atoms with Gasteiger partial charge in [-0.2, -0.15) is 0 Å². The number of unbranched alkanes of at least 4 members (excludes halogenated alkanes) is 3. The first kappa shape index (κ1) is 26.8. The first-order valence-corrected chi connectivity index (χ1v) is 12.3. The average molecular weight is 455 g/mol. The van der Waals surface area contributed by atoms with Crippen molar-refractivity contribution in [3.05, 3.63) is 12.2 Å². The van der Waals surface area contributed by atoms with Gasteiger partial charge in [-0.15, -0.1) is 0 Å². The summed E-state index contributed by atoms with van der Waals surface area (Å²) in [6, 6.07) is 0. The van der Waals surface area contributed by atoms with E-state index in [1.807, 2.05) is 0 Å². The van der Waals surface area contributed by atoms with Crippen molar-refractivity contribution in [3.8, 4) is 0 Å². The number of hydrogen-bond acceptors (Lipinski definition) is 7. The lowest BCUT2D eigenvalue weighted by Gasteiger charge is -2.31. The van der Waals surface area contributed by atoms with E-state index in [1.165, 1.54) is 14.0 Å². The van der Waals surface area contributed by atoms with Gasteiger partial charge in [0.2, 0.25) is 0 Å². The molecule has 0 spiro atoms. The van der Waals surface area contributed by atoms with Crippen LogP contribution in [-0.4, -0.2) is 55.4 Å². The van der Waals surface area contributed by atoms with Crippen molar-refractivity contribution >= 4 is 11.9 Å². The third-order valence-corrected chi connectivity index (χ3v) is 6.70. The van der Waals surface area contributed by atoms with Crippen molar-refractivity contribution < 1.29 is 33.6 Å². The summed E-state index contributed by atoms with van der Waals surface area (Å²) in [6.45, 7) is 4.84. The van der Waals surface area contributed by atoms with Gasteiger partial charge in [0.1, 0.15) is 6.10 Å². The third kappa shape index (κ3) is 8.49. The molecule has 0 aromatic heterocycles. The molecule has 0 aromatic rings. The van der Waals surface area contributed by atoms with Crippen LogP contribution in [0, 0.1) is 11.8 Å². The molecule has 7 heteroatoms. The van der Waals surface area contributed by atoms with Crippen molar-refractivity contribution in [2.75, 3.05) is 20.3 Å². The quantitative estimate of drug-likeness (QED) is 0.238. The van der Waals surface area contributed by atoms with E-state index in [-0.39, 0.29) is 29.9 Å². The third-order valence-electron chi connectivity index (χ3n) is 6.70. The molecule has 1 saturated heterocycles. The van der Waals surface area contributed by atoms with Crippen LogP contribution in [-0.2, 0) is 28.5 Å². The second-order valence-electron chi connectivity index (χ2n) is 9.06. The van der Waals surface area contributed by atoms with Gasteiger partial charge in [-0.05, 0) is 38.0 Å². The van der Waals surface area contributed by atoms with Crippen LogP contribution in [0.3, 0.4) is 0 Å². The predicted octanol–water partition coefficient (Wildman–Crippen LogP) is 4.31. The number of aliphatic hydroxyl groups excluding tert-OH is 1. The van der Waals surface area contributed by atoms with Crippen molar-refractivity contribution in [1.29, 1.82) is 0 Å². The first-order chi connectivity index (χ1) is 15.4. The van der Waals surface area contributed by atoms with Crippen LogP contribution in [0.15, 0.2) is 12.2 Å². The van der Waals surface area contributed by atoms with Gasteiger partial charge in [-0.25, -0.2) is 0 Å². The van der Waals surface area contributed by atoms with E-state index in [1.54, 1.807) is 0 Å². The Balaban J connectivity index is 1.95. The minimum Gasteiger partial charge on any atom is -0.469 e. The summed E-state index contributed by atoms with van der Waals surface area (Å²) in [5.74, 6) is -0.970. The Morgan fingerprint density at radius 2 is 1.84 bits per heavy atom. The van der Waals surface area contributed by atoms with Gasteiger partial charge < -0.3 is 24.1 Å². The van der Waals surface area contributed by atoms with Gasteiger partial charge in [0.05, 0.1) is 26.4 Å². The standard InChI is InChI=1S/C25H42O7/c1-4-5-10-14-25(30-16-17-31-25)15-13-20-21(23(18-22(20)27)32-19(2)26)11-8-6-7-9-12-24(28)29-3/h6,8,20-23,27H,4-5,7,9-18H2,1-3H3/b8-6-/t20-,21?,22-,23+/m1/s1. The lowest BCUT2D eigenvalue weighted by molar-refractivity contribution is -0.172. The zero-order valence-electron chi connectivity index (χ0n) is 20.1. The Hall–Kier alpha value is -1.44. The molecule has 2 rings (SSSR count).